The van der Waals surface area contributed by atoms with E-state index in [9.17, 15) is 24.8 Å². The van der Waals surface area contributed by atoms with Crippen LogP contribution in [0, 0.1) is 17.0 Å². The Morgan fingerprint density at radius 1 is 1.20 bits per heavy atom. The van der Waals surface area contributed by atoms with Crippen molar-refractivity contribution in [2.75, 3.05) is 5.32 Å². The zero-order valence-electron chi connectivity index (χ0n) is 13.6. The van der Waals surface area contributed by atoms with E-state index in [2.05, 4.69) is 5.32 Å². The molecule has 2 aromatic carbocycles. The number of rotatable bonds is 5. The molecular formula is C17H16N2O6. The molecule has 2 rings (SSSR count). The number of aryl methyl sites for hydroxylation is 1. The highest BCUT2D eigenvalue weighted by atomic mass is 16.6. The highest BCUT2D eigenvalue weighted by Crippen LogP contribution is 2.20. The molecular weight excluding hydrogens is 328 g/mol. The van der Waals surface area contributed by atoms with Gasteiger partial charge in [0.2, 0.25) is 0 Å². The van der Waals surface area contributed by atoms with Gasteiger partial charge < -0.3 is 15.2 Å². The number of non-ortho nitro benzene ring substituents is 1. The van der Waals surface area contributed by atoms with Crippen molar-refractivity contribution in [3.05, 3.63) is 63.7 Å². The first kappa shape index (κ1) is 17.9. The third kappa shape index (κ3) is 4.54. The van der Waals surface area contributed by atoms with Crippen LogP contribution in [0.15, 0.2) is 42.5 Å². The fourth-order valence-corrected chi connectivity index (χ4v) is 2.00. The number of ether oxygens (including phenoxy) is 1. The fourth-order valence-electron chi connectivity index (χ4n) is 2.00. The van der Waals surface area contributed by atoms with Crippen LogP contribution in [0.4, 0.5) is 11.4 Å². The van der Waals surface area contributed by atoms with Crippen LogP contribution in [0.1, 0.15) is 22.8 Å². The molecule has 0 saturated carbocycles. The minimum Gasteiger partial charge on any atom is -0.507 e. The van der Waals surface area contributed by atoms with Crippen molar-refractivity contribution in [2.45, 2.75) is 20.0 Å². The molecule has 0 bridgehead atoms. The monoisotopic (exact) mass is 344 g/mol. The average Bonchev–Trinajstić information content (AvgIpc) is 2.57. The topological polar surface area (TPSA) is 119 Å². The molecule has 2 aromatic rings. The summed E-state index contributed by atoms with van der Waals surface area (Å²) in [6, 6.07) is 9.70. The largest absolute Gasteiger partial charge is 0.507 e. The fraction of sp³-hybridized carbons (Fsp3) is 0.176. The zero-order chi connectivity index (χ0) is 18.6. The van der Waals surface area contributed by atoms with Crippen LogP contribution < -0.4 is 5.32 Å². The number of anilines is 1. The zero-order valence-corrected chi connectivity index (χ0v) is 13.6. The molecule has 2 N–H and O–H groups in total. The number of aromatic hydroxyl groups is 1. The molecule has 1 unspecified atom stereocenters. The van der Waals surface area contributed by atoms with Crippen molar-refractivity contribution >= 4 is 23.3 Å². The summed E-state index contributed by atoms with van der Waals surface area (Å²) in [6.07, 6.45) is -1.12. The summed E-state index contributed by atoms with van der Waals surface area (Å²) >= 11 is 0. The van der Waals surface area contributed by atoms with Crippen LogP contribution in [0.3, 0.4) is 0 Å². The van der Waals surface area contributed by atoms with Gasteiger partial charge in [-0.25, -0.2) is 4.79 Å². The first-order valence-electron chi connectivity index (χ1n) is 7.34. The summed E-state index contributed by atoms with van der Waals surface area (Å²) in [4.78, 5) is 34.2. The number of amides is 1. The Kier molecular flexibility index (Phi) is 5.33. The maximum absolute atomic E-state index is 12.1. The van der Waals surface area contributed by atoms with Crippen LogP contribution in [0.5, 0.6) is 5.75 Å². The van der Waals surface area contributed by atoms with Gasteiger partial charge in [-0.05, 0) is 38.1 Å². The van der Waals surface area contributed by atoms with Crippen molar-refractivity contribution in [3.63, 3.8) is 0 Å². The number of nitro groups is 1. The molecule has 0 spiro atoms. The molecule has 0 aliphatic heterocycles. The number of hydrogen-bond acceptors (Lipinski definition) is 6. The van der Waals surface area contributed by atoms with Crippen LogP contribution in [0.2, 0.25) is 0 Å². The lowest BCUT2D eigenvalue weighted by molar-refractivity contribution is -0.384. The SMILES string of the molecule is Cc1ccc(O)c(C(=O)OC(C)C(=O)Nc2ccc([N+](=O)[O-])cc2)c1. The Morgan fingerprint density at radius 2 is 1.84 bits per heavy atom. The lowest BCUT2D eigenvalue weighted by atomic mass is 10.1. The Hall–Kier alpha value is -3.42. The third-order valence-corrected chi connectivity index (χ3v) is 3.37. The molecule has 8 nitrogen and oxygen atoms in total. The van der Waals surface area contributed by atoms with E-state index in [0.717, 1.165) is 5.56 Å². The van der Waals surface area contributed by atoms with Crippen LogP contribution in [-0.2, 0) is 9.53 Å². The van der Waals surface area contributed by atoms with E-state index in [4.69, 9.17) is 4.74 Å². The van der Waals surface area contributed by atoms with E-state index in [0.29, 0.717) is 5.69 Å². The standard InChI is InChI=1S/C17H16N2O6/c1-10-3-8-15(20)14(9-10)17(22)25-11(2)16(21)18-12-4-6-13(7-5-12)19(23)24/h3-9,11,20H,1-2H3,(H,18,21). The van der Waals surface area contributed by atoms with E-state index < -0.39 is 22.9 Å². The summed E-state index contributed by atoms with van der Waals surface area (Å²) in [5, 5.41) is 22.8. The molecule has 130 valence electrons. The van der Waals surface area contributed by atoms with Crippen LogP contribution >= 0.6 is 0 Å². The lowest BCUT2D eigenvalue weighted by Gasteiger charge is -2.14. The number of hydrogen-bond donors (Lipinski definition) is 2. The number of benzene rings is 2. The molecule has 0 aromatic heterocycles. The van der Waals surface area contributed by atoms with Crippen molar-refractivity contribution in [2.24, 2.45) is 0 Å². The average molecular weight is 344 g/mol. The quantitative estimate of drug-likeness (QED) is 0.489. The molecule has 1 amide bonds. The smallest absolute Gasteiger partial charge is 0.342 e. The van der Waals surface area contributed by atoms with Gasteiger partial charge in [-0.1, -0.05) is 11.6 Å². The molecule has 0 fully saturated rings. The number of nitrogens with zero attached hydrogens (tertiary/aromatic N) is 1. The van der Waals surface area contributed by atoms with Gasteiger partial charge in [0.05, 0.1) is 4.92 Å². The Morgan fingerprint density at radius 3 is 2.44 bits per heavy atom. The number of carbonyl (C=O) groups excluding carboxylic acids is 2. The minimum atomic E-state index is -1.12. The molecule has 8 heteroatoms. The van der Waals surface area contributed by atoms with Crippen molar-refractivity contribution in [1.82, 2.24) is 0 Å². The third-order valence-electron chi connectivity index (χ3n) is 3.37. The highest BCUT2D eigenvalue weighted by molar-refractivity contribution is 5.98. The van der Waals surface area contributed by atoms with E-state index >= 15 is 0 Å². The Bertz CT molecular complexity index is 816. The number of esters is 1. The molecule has 0 saturated heterocycles. The maximum atomic E-state index is 12.1. The first-order chi connectivity index (χ1) is 11.8. The molecule has 0 aliphatic carbocycles. The molecule has 25 heavy (non-hydrogen) atoms. The summed E-state index contributed by atoms with van der Waals surface area (Å²) in [5.41, 5.74) is 0.951. The summed E-state index contributed by atoms with van der Waals surface area (Å²) in [6.45, 7) is 3.13. The maximum Gasteiger partial charge on any atom is 0.342 e. The summed E-state index contributed by atoms with van der Waals surface area (Å²) in [5.74, 6) is -1.67. The molecule has 0 radical (unpaired) electrons. The second-order valence-electron chi connectivity index (χ2n) is 5.36. The van der Waals surface area contributed by atoms with Gasteiger partial charge in [0.1, 0.15) is 11.3 Å². The van der Waals surface area contributed by atoms with Gasteiger partial charge in [-0.2, -0.15) is 0 Å². The predicted molar refractivity (Wildman–Crippen MR) is 89.4 cm³/mol. The van der Waals surface area contributed by atoms with Gasteiger partial charge >= 0.3 is 5.97 Å². The van der Waals surface area contributed by atoms with E-state index in [1.807, 2.05) is 0 Å². The lowest BCUT2D eigenvalue weighted by Crippen LogP contribution is -2.30. The minimum absolute atomic E-state index is 0.0324. The second kappa shape index (κ2) is 7.43. The van der Waals surface area contributed by atoms with E-state index in [1.54, 1.807) is 13.0 Å². The number of nitro benzene ring substituents is 1. The van der Waals surface area contributed by atoms with Crippen molar-refractivity contribution in [3.8, 4) is 5.75 Å². The summed E-state index contributed by atoms with van der Waals surface area (Å²) < 4.78 is 5.05. The van der Waals surface area contributed by atoms with Crippen molar-refractivity contribution < 1.29 is 24.4 Å². The van der Waals surface area contributed by atoms with Gasteiger partial charge in [0, 0.05) is 17.8 Å². The van der Waals surface area contributed by atoms with E-state index in [1.165, 1.54) is 43.3 Å². The van der Waals surface area contributed by atoms with Gasteiger partial charge in [0.25, 0.3) is 11.6 Å². The Labute approximate surface area is 143 Å². The predicted octanol–water partition coefficient (Wildman–Crippen LogP) is 2.79. The number of nitrogens with one attached hydrogen (secondary N) is 1. The Balaban J connectivity index is 2.01. The molecule has 0 aliphatic rings. The normalized spacial score (nSPS) is 11.4. The molecule has 1 atom stereocenters. The summed E-state index contributed by atoms with van der Waals surface area (Å²) in [7, 11) is 0. The highest BCUT2D eigenvalue weighted by Gasteiger charge is 2.21. The van der Waals surface area contributed by atoms with Gasteiger partial charge in [-0.3, -0.25) is 14.9 Å². The van der Waals surface area contributed by atoms with Gasteiger partial charge in [-0.15, -0.1) is 0 Å². The number of phenolic OH excluding ortho intramolecular Hbond substituents is 1. The first-order valence-corrected chi connectivity index (χ1v) is 7.34. The van der Waals surface area contributed by atoms with Gasteiger partial charge in [0.15, 0.2) is 6.10 Å². The molecule has 0 heterocycles. The van der Waals surface area contributed by atoms with Crippen LogP contribution in [-0.4, -0.2) is 28.0 Å². The van der Waals surface area contributed by atoms with Crippen LogP contribution in [0.25, 0.3) is 0 Å². The number of phenols is 1. The van der Waals surface area contributed by atoms with E-state index in [-0.39, 0.29) is 17.0 Å². The van der Waals surface area contributed by atoms with Crippen molar-refractivity contribution in [1.29, 1.82) is 0 Å². The number of carbonyl (C=O) groups is 2. The second-order valence-corrected chi connectivity index (χ2v) is 5.36.